The maximum Gasteiger partial charge on any atom is 0.127 e. The van der Waals surface area contributed by atoms with Crippen molar-refractivity contribution < 1.29 is 9.13 Å². The summed E-state index contributed by atoms with van der Waals surface area (Å²) >= 11 is 0. The van der Waals surface area contributed by atoms with Gasteiger partial charge in [0.05, 0.1) is 18.5 Å². The van der Waals surface area contributed by atoms with E-state index in [1.54, 1.807) is 30.0 Å². The van der Waals surface area contributed by atoms with Gasteiger partial charge < -0.3 is 10.5 Å². The van der Waals surface area contributed by atoms with Gasteiger partial charge >= 0.3 is 0 Å². The topological polar surface area (TPSA) is 53.1 Å². The zero-order valence-electron chi connectivity index (χ0n) is 11.5. The van der Waals surface area contributed by atoms with E-state index in [4.69, 9.17) is 10.5 Å². The van der Waals surface area contributed by atoms with E-state index in [-0.39, 0.29) is 5.82 Å². The second-order valence-electron chi connectivity index (χ2n) is 4.57. The van der Waals surface area contributed by atoms with E-state index in [2.05, 4.69) is 5.10 Å². The van der Waals surface area contributed by atoms with E-state index < -0.39 is 0 Å². The Bertz CT molecular complexity index is 765. The summed E-state index contributed by atoms with van der Waals surface area (Å²) in [5, 5.41) is 4.43. The number of hydrogen-bond donors (Lipinski definition) is 1. The number of benzene rings is 2. The molecule has 0 amide bonds. The van der Waals surface area contributed by atoms with Gasteiger partial charge in [0.1, 0.15) is 17.4 Å². The maximum absolute atomic E-state index is 13.3. The van der Waals surface area contributed by atoms with Crippen molar-refractivity contribution in [3.8, 4) is 22.7 Å². The summed E-state index contributed by atoms with van der Waals surface area (Å²) in [7, 11) is 1.61. The Morgan fingerprint density at radius 2 is 1.86 bits per heavy atom. The Kier molecular flexibility index (Phi) is 3.31. The van der Waals surface area contributed by atoms with Gasteiger partial charge in [0.2, 0.25) is 0 Å². The van der Waals surface area contributed by atoms with Crippen molar-refractivity contribution in [1.82, 2.24) is 9.78 Å². The highest BCUT2D eigenvalue weighted by molar-refractivity contribution is 5.63. The molecule has 3 rings (SSSR count). The van der Waals surface area contributed by atoms with Gasteiger partial charge in [-0.25, -0.2) is 9.07 Å². The molecule has 1 heterocycles. The molecule has 3 aromatic rings. The van der Waals surface area contributed by atoms with Crippen LogP contribution >= 0.6 is 0 Å². The minimum absolute atomic E-state index is 0.301. The molecular weight excluding hydrogens is 269 g/mol. The number of halogens is 1. The lowest BCUT2D eigenvalue weighted by molar-refractivity contribution is 0.414. The Balaban J connectivity index is 2.01. The van der Waals surface area contributed by atoms with Crippen molar-refractivity contribution in [3.63, 3.8) is 0 Å². The number of nitrogens with two attached hydrogens (primary N) is 1. The van der Waals surface area contributed by atoms with Crippen molar-refractivity contribution in [2.45, 2.75) is 0 Å². The molecule has 106 valence electrons. The van der Waals surface area contributed by atoms with Crippen molar-refractivity contribution >= 4 is 5.82 Å². The van der Waals surface area contributed by atoms with Crippen molar-refractivity contribution in [1.29, 1.82) is 0 Å². The highest BCUT2D eigenvalue weighted by Crippen LogP contribution is 2.24. The lowest BCUT2D eigenvalue weighted by atomic mass is 10.1. The largest absolute Gasteiger partial charge is 0.497 e. The lowest BCUT2D eigenvalue weighted by Gasteiger charge is -2.05. The first-order chi connectivity index (χ1) is 10.2. The molecule has 1 aromatic heterocycles. The minimum atomic E-state index is -0.301. The summed E-state index contributed by atoms with van der Waals surface area (Å²) in [5.41, 5.74) is 8.13. The molecule has 4 nitrogen and oxygen atoms in total. The predicted octanol–water partition coefficient (Wildman–Crippen LogP) is 3.27. The molecular formula is C16H14FN3O. The number of aromatic nitrogens is 2. The van der Waals surface area contributed by atoms with E-state index in [0.717, 1.165) is 11.4 Å². The third-order valence-electron chi connectivity index (χ3n) is 3.17. The normalized spacial score (nSPS) is 10.6. The summed E-state index contributed by atoms with van der Waals surface area (Å²) in [6.07, 6.45) is 0. The third kappa shape index (κ3) is 2.58. The quantitative estimate of drug-likeness (QED) is 0.802. The van der Waals surface area contributed by atoms with E-state index in [1.165, 1.54) is 12.1 Å². The van der Waals surface area contributed by atoms with Gasteiger partial charge in [-0.1, -0.05) is 12.1 Å². The fourth-order valence-corrected chi connectivity index (χ4v) is 2.11. The van der Waals surface area contributed by atoms with Gasteiger partial charge in [-0.05, 0) is 36.4 Å². The third-order valence-corrected chi connectivity index (χ3v) is 3.17. The molecule has 0 bridgehead atoms. The first-order valence-corrected chi connectivity index (χ1v) is 6.43. The molecule has 0 unspecified atom stereocenters. The van der Waals surface area contributed by atoms with Crippen LogP contribution in [0.3, 0.4) is 0 Å². The summed E-state index contributed by atoms with van der Waals surface area (Å²) in [4.78, 5) is 0. The average molecular weight is 283 g/mol. The predicted molar refractivity (Wildman–Crippen MR) is 79.9 cm³/mol. The minimum Gasteiger partial charge on any atom is -0.497 e. The highest BCUT2D eigenvalue weighted by atomic mass is 19.1. The first-order valence-electron chi connectivity index (χ1n) is 6.43. The monoisotopic (exact) mass is 283 g/mol. The molecule has 0 fully saturated rings. The molecule has 0 aliphatic heterocycles. The number of hydrogen-bond acceptors (Lipinski definition) is 3. The summed E-state index contributed by atoms with van der Waals surface area (Å²) < 4.78 is 20.0. The second kappa shape index (κ2) is 5.28. The number of methoxy groups -OCH3 is 1. The molecule has 0 radical (unpaired) electrons. The number of nitrogen functional groups attached to an aromatic ring is 1. The van der Waals surface area contributed by atoms with Crippen LogP contribution in [-0.2, 0) is 0 Å². The smallest absolute Gasteiger partial charge is 0.127 e. The second-order valence-corrected chi connectivity index (χ2v) is 4.57. The first kappa shape index (κ1) is 13.2. The van der Waals surface area contributed by atoms with Crippen LogP contribution < -0.4 is 10.5 Å². The van der Waals surface area contributed by atoms with Crippen molar-refractivity contribution in [2.24, 2.45) is 0 Å². The number of anilines is 1. The Labute approximate surface area is 121 Å². The van der Waals surface area contributed by atoms with Crippen LogP contribution in [0.4, 0.5) is 10.2 Å². The van der Waals surface area contributed by atoms with Gasteiger partial charge in [-0.15, -0.1) is 0 Å². The molecule has 0 aliphatic rings. The van der Waals surface area contributed by atoms with E-state index in [0.29, 0.717) is 17.1 Å². The molecule has 2 N–H and O–H groups in total. The molecule has 2 aromatic carbocycles. The Morgan fingerprint density at radius 1 is 1.10 bits per heavy atom. The average Bonchev–Trinajstić information content (AvgIpc) is 2.89. The van der Waals surface area contributed by atoms with Crippen LogP contribution in [0.1, 0.15) is 0 Å². The van der Waals surface area contributed by atoms with Crippen LogP contribution in [0.25, 0.3) is 16.9 Å². The van der Waals surface area contributed by atoms with Crippen LogP contribution in [0.15, 0.2) is 54.6 Å². The highest BCUT2D eigenvalue weighted by Gasteiger charge is 2.09. The standard InChI is InChI=1S/C16H14FN3O/c1-21-14-7-5-13(6-8-14)20-16(18)10-15(19-20)11-3-2-4-12(17)9-11/h2-10H,18H2,1H3. The number of nitrogens with zero attached hydrogens (tertiary/aromatic N) is 2. The van der Waals surface area contributed by atoms with Crippen LogP contribution in [0, 0.1) is 5.82 Å². The van der Waals surface area contributed by atoms with Crippen LogP contribution in [0.2, 0.25) is 0 Å². The summed E-state index contributed by atoms with van der Waals surface area (Å²) in [6, 6.07) is 15.4. The van der Waals surface area contributed by atoms with Gasteiger partial charge in [0.25, 0.3) is 0 Å². The number of rotatable bonds is 3. The molecule has 21 heavy (non-hydrogen) atoms. The maximum atomic E-state index is 13.3. The van der Waals surface area contributed by atoms with Gasteiger partial charge in [0, 0.05) is 11.6 Å². The van der Waals surface area contributed by atoms with Gasteiger partial charge in [-0.3, -0.25) is 0 Å². The summed E-state index contributed by atoms with van der Waals surface area (Å²) in [6.45, 7) is 0. The van der Waals surface area contributed by atoms with E-state index >= 15 is 0 Å². The molecule has 0 saturated carbocycles. The van der Waals surface area contributed by atoms with Gasteiger partial charge in [-0.2, -0.15) is 5.10 Å². The zero-order valence-corrected chi connectivity index (χ0v) is 11.5. The number of ether oxygens (including phenoxy) is 1. The molecule has 0 saturated heterocycles. The van der Waals surface area contributed by atoms with Crippen LogP contribution in [0.5, 0.6) is 5.75 Å². The Hall–Kier alpha value is -2.82. The fourth-order valence-electron chi connectivity index (χ4n) is 2.11. The molecule has 5 heteroatoms. The zero-order chi connectivity index (χ0) is 14.8. The molecule has 0 spiro atoms. The lowest BCUT2D eigenvalue weighted by Crippen LogP contribution is -2.01. The fraction of sp³-hybridized carbons (Fsp3) is 0.0625. The molecule has 0 atom stereocenters. The van der Waals surface area contributed by atoms with E-state index in [9.17, 15) is 4.39 Å². The SMILES string of the molecule is COc1ccc(-n2nc(-c3cccc(F)c3)cc2N)cc1. The van der Waals surface area contributed by atoms with Crippen molar-refractivity contribution in [3.05, 3.63) is 60.4 Å². The van der Waals surface area contributed by atoms with E-state index in [1.807, 2.05) is 24.3 Å². The molecule has 0 aliphatic carbocycles. The summed E-state index contributed by atoms with van der Waals surface area (Å²) in [5.74, 6) is 0.944. The Morgan fingerprint density at radius 3 is 2.52 bits per heavy atom. The van der Waals surface area contributed by atoms with Gasteiger partial charge in [0.15, 0.2) is 0 Å². The van der Waals surface area contributed by atoms with Crippen molar-refractivity contribution in [2.75, 3.05) is 12.8 Å². The van der Waals surface area contributed by atoms with Crippen LogP contribution in [-0.4, -0.2) is 16.9 Å².